The lowest BCUT2D eigenvalue weighted by Gasteiger charge is -2.33. The number of rotatable bonds is 4. The van der Waals surface area contributed by atoms with Crippen LogP contribution in [0.3, 0.4) is 0 Å². The number of pyridine rings is 1. The number of halogens is 3. The fraction of sp³-hybridized carbons (Fsp3) is 0.333. The van der Waals surface area contributed by atoms with E-state index in [0.717, 1.165) is 42.1 Å². The maximum Gasteiger partial charge on any atom is 0.149 e. The third kappa shape index (κ3) is 4.71. The molecular formula is C24H24BrF2N3O. The van der Waals surface area contributed by atoms with Gasteiger partial charge in [0, 0.05) is 23.2 Å². The predicted molar refractivity (Wildman–Crippen MR) is 123 cm³/mol. The van der Waals surface area contributed by atoms with Crippen molar-refractivity contribution in [1.82, 2.24) is 4.98 Å². The topological polar surface area (TPSA) is 57.5 Å². The second kappa shape index (κ2) is 9.30. The predicted octanol–water partition coefficient (Wildman–Crippen LogP) is 7.09. The first kappa shape index (κ1) is 21.7. The number of nitrogens with one attached hydrogen (secondary N) is 1. The zero-order valence-corrected chi connectivity index (χ0v) is 18.7. The van der Waals surface area contributed by atoms with Gasteiger partial charge in [-0.3, -0.25) is 4.98 Å². The van der Waals surface area contributed by atoms with E-state index in [4.69, 9.17) is 0 Å². The minimum atomic E-state index is -0.345. The first-order valence-corrected chi connectivity index (χ1v) is 11.2. The first-order valence-electron chi connectivity index (χ1n) is 10.4. The van der Waals surface area contributed by atoms with Crippen LogP contribution in [-0.4, -0.2) is 16.0 Å². The van der Waals surface area contributed by atoms with E-state index in [0.29, 0.717) is 27.8 Å². The highest BCUT2D eigenvalue weighted by atomic mass is 79.9. The molecule has 1 aromatic heterocycles. The van der Waals surface area contributed by atoms with Crippen molar-refractivity contribution in [3.8, 4) is 0 Å². The van der Waals surface area contributed by atoms with Gasteiger partial charge >= 0.3 is 0 Å². The molecule has 0 amide bonds. The lowest BCUT2D eigenvalue weighted by molar-refractivity contribution is 0.273. The maximum atomic E-state index is 13.8. The minimum Gasteiger partial charge on any atom is -0.409 e. The van der Waals surface area contributed by atoms with E-state index in [-0.39, 0.29) is 17.6 Å². The fourth-order valence-corrected chi connectivity index (χ4v) is 4.98. The Morgan fingerprint density at radius 2 is 1.90 bits per heavy atom. The van der Waals surface area contributed by atoms with E-state index in [2.05, 4.69) is 31.4 Å². The van der Waals surface area contributed by atoms with E-state index in [9.17, 15) is 14.0 Å². The number of amidine groups is 1. The molecule has 4 rings (SSSR count). The van der Waals surface area contributed by atoms with Crippen LogP contribution in [0.5, 0.6) is 0 Å². The standard InChI is InChI=1S/C24H24BrF2N3O/c1-14(24(30-31)29-18-7-8-22(27)21(25)13-18)15-2-4-16(5-3-15)19-10-11-28-23-9-6-17(26)12-20(19)23/h6-16,31H,2-5H2,1H3,(H,29,30). The number of oxime groups is 1. The number of anilines is 1. The SMILES string of the molecule is CC(/C(=N/O)Nc1ccc(F)c(Br)c1)C1CCC(c2ccnc3ccc(F)cc23)CC1. The molecule has 0 spiro atoms. The molecule has 0 bridgehead atoms. The highest BCUT2D eigenvalue weighted by Crippen LogP contribution is 2.41. The Balaban J connectivity index is 1.44. The van der Waals surface area contributed by atoms with Gasteiger partial charge in [0.15, 0.2) is 0 Å². The largest absolute Gasteiger partial charge is 0.409 e. The summed E-state index contributed by atoms with van der Waals surface area (Å²) in [6, 6.07) is 11.4. The van der Waals surface area contributed by atoms with Gasteiger partial charge in [-0.15, -0.1) is 0 Å². The number of hydrogen-bond donors (Lipinski definition) is 2. The van der Waals surface area contributed by atoms with Crippen molar-refractivity contribution in [1.29, 1.82) is 0 Å². The molecule has 1 fully saturated rings. The molecule has 1 heterocycles. The van der Waals surface area contributed by atoms with Gasteiger partial charge in [0.2, 0.25) is 0 Å². The van der Waals surface area contributed by atoms with Crippen molar-refractivity contribution in [3.63, 3.8) is 0 Å². The van der Waals surface area contributed by atoms with E-state index < -0.39 is 0 Å². The molecule has 2 N–H and O–H groups in total. The molecule has 3 aromatic rings. The Labute approximate surface area is 188 Å². The normalized spacial score (nSPS) is 20.6. The minimum absolute atomic E-state index is 0.0152. The van der Waals surface area contributed by atoms with Crippen LogP contribution in [-0.2, 0) is 0 Å². The molecule has 1 atom stereocenters. The van der Waals surface area contributed by atoms with E-state index in [1.54, 1.807) is 30.5 Å². The van der Waals surface area contributed by atoms with Crippen LogP contribution >= 0.6 is 15.9 Å². The van der Waals surface area contributed by atoms with Gasteiger partial charge in [-0.1, -0.05) is 12.1 Å². The number of fused-ring (bicyclic) bond motifs is 1. The van der Waals surface area contributed by atoms with Gasteiger partial charge in [-0.05, 0) is 101 Å². The third-order valence-electron chi connectivity index (χ3n) is 6.39. The van der Waals surface area contributed by atoms with Crippen molar-refractivity contribution in [2.75, 3.05) is 5.32 Å². The van der Waals surface area contributed by atoms with Gasteiger partial charge in [0.1, 0.15) is 17.5 Å². The molecule has 0 radical (unpaired) electrons. The Morgan fingerprint density at radius 3 is 2.61 bits per heavy atom. The van der Waals surface area contributed by atoms with Crippen LogP contribution in [0, 0.1) is 23.5 Å². The Morgan fingerprint density at radius 1 is 1.13 bits per heavy atom. The quantitative estimate of drug-likeness (QED) is 0.179. The summed E-state index contributed by atoms with van der Waals surface area (Å²) in [6.45, 7) is 2.04. The summed E-state index contributed by atoms with van der Waals surface area (Å²) in [4.78, 5) is 4.36. The molecule has 1 aliphatic rings. The van der Waals surface area contributed by atoms with E-state index in [1.165, 1.54) is 12.1 Å². The summed E-state index contributed by atoms with van der Waals surface area (Å²) in [5.41, 5.74) is 2.63. The smallest absolute Gasteiger partial charge is 0.149 e. The van der Waals surface area contributed by atoms with Crippen LogP contribution in [0.4, 0.5) is 14.5 Å². The van der Waals surface area contributed by atoms with E-state index in [1.807, 2.05) is 13.0 Å². The summed E-state index contributed by atoms with van der Waals surface area (Å²) in [5, 5.41) is 17.1. The summed E-state index contributed by atoms with van der Waals surface area (Å²) in [7, 11) is 0. The van der Waals surface area contributed by atoms with Gasteiger partial charge in [0.05, 0.1) is 9.99 Å². The number of nitrogens with zero attached hydrogens (tertiary/aromatic N) is 2. The number of hydrogen-bond acceptors (Lipinski definition) is 3. The highest BCUT2D eigenvalue weighted by Gasteiger charge is 2.30. The van der Waals surface area contributed by atoms with Gasteiger partial charge < -0.3 is 10.5 Å². The Bertz CT molecular complexity index is 1110. The molecule has 1 unspecified atom stereocenters. The molecule has 1 saturated carbocycles. The van der Waals surface area contributed by atoms with Gasteiger partial charge in [0.25, 0.3) is 0 Å². The second-order valence-corrected chi connectivity index (χ2v) is 9.06. The van der Waals surface area contributed by atoms with Crippen molar-refractivity contribution >= 4 is 38.4 Å². The summed E-state index contributed by atoms with van der Waals surface area (Å²) in [6.07, 6.45) is 5.69. The molecule has 0 saturated heterocycles. The second-order valence-electron chi connectivity index (χ2n) is 8.20. The molecular weight excluding hydrogens is 464 g/mol. The van der Waals surface area contributed by atoms with Gasteiger partial charge in [-0.2, -0.15) is 0 Å². The Kier molecular flexibility index (Phi) is 6.51. The molecule has 31 heavy (non-hydrogen) atoms. The van der Waals surface area contributed by atoms with Crippen LogP contribution in [0.2, 0.25) is 0 Å². The lowest BCUT2D eigenvalue weighted by Crippen LogP contribution is -2.30. The van der Waals surface area contributed by atoms with Crippen molar-refractivity contribution < 1.29 is 14.0 Å². The van der Waals surface area contributed by atoms with Crippen LogP contribution in [0.1, 0.15) is 44.1 Å². The van der Waals surface area contributed by atoms with Gasteiger partial charge in [-0.25, -0.2) is 8.78 Å². The zero-order valence-electron chi connectivity index (χ0n) is 17.2. The van der Waals surface area contributed by atoms with Crippen LogP contribution < -0.4 is 5.32 Å². The average molecular weight is 488 g/mol. The molecule has 162 valence electrons. The molecule has 4 nitrogen and oxygen atoms in total. The molecule has 1 aliphatic carbocycles. The molecule has 0 aliphatic heterocycles. The number of aromatic nitrogens is 1. The highest BCUT2D eigenvalue weighted by molar-refractivity contribution is 9.10. The van der Waals surface area contributed by atoms with Crippen molar-refractivity contribution in [3.05, 3.63) is 70.3 Å². The Hall–Kier alpha value is -2.54. The fourth-order valence-electron chi connectivity index (χ4n) is 4.60. The van der Waals surface area contributed by atoms with Crippen LogP contribution in [0.15, 0.2) is 58.3 Å². The first-order chi connectivity index (χ1) is 15.0. The monoisotopic (exact) mass is 487 g/mol. The third-order valence-corrected chi connectivity index (χ3v) is 6.99. The summed E-state index contributed by atoms with van der Waals surface area (Å²) >= 11 is 3.18. The molecule has 2 aromatic carbocycles. The number of benzene rings is 2. The average Bonchev–Trinajstić information content (AvgIpc) is 2.79. The maximum absolute atomic E-state index is 13.8. The van der Waals surface area contributed by atoms with E-state index >= 15 is 0 Å². The van der Waals surface area contributed by atoms with Crippen LogP contribution in [0.25, 0.3) is 10.9 Å². The molecule has 7 heteroatoms. The summed E-state index contributed by atoms with van der Waals surface area (Å²) < 4.78 is 27.6. The van der Waals surface area contributed by atoms with Crippen molar-refractivity contribution in [2.24, 2.45) is 17.0 Å². The van der Waals surface area contributed by atoms with Crippen molar-refractivity contribution in [2.45, 2.75) is 38.5 Å². The zero-order chi connectivity index (χ0) is 22.0. The summed E-state index contributed by atoms with van der Waals surface area (Å²) in [5.74, 6) is 0.601. The lowest BCUT2D eigenvalue weighted by atomic mass is 9.73.